The number of aryl methyl sites for hydroxylation is 1. The van der Waals surface area contributed by atoms with Gasteiger partial charge in [-0.2, -0.15) is 4.39 Å². The fourth-order valence-corrected chi connectivity index (χ4v) is 4.04. The van der Waals surface area contributed by atoms with Crippen LogP contribution in [-0.4, -0.2) is 25.9 Å². The summed E-state index contributed by atoms with van der Waals surface area (Å²) in [4.78, 5) is 15.7. The third kappa shape index (κ3) is 5.12. The molecule has 0 bridgehead atoms. The van der Waals surface area contributed by atoms with Gasteiger partial charge in [0, 0.05) is 29.2 Å². The SMILES string of the molecule is CCOc1ccc(NS(=O)(=O)c2cc(NC(=O)c3ccnc(F)c3)ccc2C)cc1. The van der Waals surface area contributed by atoms with Gasteiger partial charge in [0.15, 0.2) is 0 Å². The van der Waals surface area contributed by atoms with Crippen molar-refractivity contribution in [3.63, 3.8) is 0 Å². The molecule has 0 unspecified atom stereocenters. The minimum Gasteiger partial charge on any atom is -0.494 e. The van der Waals surface area contributed by atoms with Crippen LogP contribution in [0.25, 0.3) is 0 Å². The van der Waals surface area contributed by atoms with Crippen LogP contribution in [-0.2, 0) is 10.0 Å². The van der Waals surface area contributed by atoms with Gasteiger partial charge in [0.1, 0.15) is 5.75 Å². The van der Waals surface area contributed by atoms with E-state index in [0.717, 1.165) is 6.07 Å². The molecule has 1 amide bonds. The van der Waals surface area contributed by atoms with Gasteiger partial charge in [0.2, 0.25) is 5.95 Å². The highest BCUT2D eigenvalue weighted by Gasteiger charge is 2.19. The molecule has 0 saturated carbocycles. The van der Waals surface area contributed by atoms with Crippen molar-refractivity contribution in [3.05, 3.63) is 77.9 Å². The molecule has 0 radical (unpaired) electrons. The van der Waals surface area contributed by atoms with Crippen molar-refractivity contribution in [2.75, 3.05) is 16.6 Å². The van der Waals surface area contributed by atoms with Crippen molar-refractivity contribution in [2.24, 2.45) is 0 Å². The van der Waals surface area contributed by atoms with Gasteiger partial charge in [-0.3, -0.25) is 9.52 Å². The molecule has 0 aliphatic heterocycles. The van der Waals surface area contributed by atoms with E-state index in [2.05, 4.69) is 15.0 Å². The minimum atomic E-state index is -3.91. The van der Waals surface area contributed by atoms with Gasteiger partial charge in [0.05, 0.1) is 11.5 Å². The molecule has 0 saturated heterocycles. The van der Waals surface area contributed by atoms with Crippen LogP contribution in [0, 0.1) is 12.9 Å². The Labute approximate surface area is 174 Å². The zero-order chi connectivity index (χ0) is 21.7. The van der Waals surface area contributed by atoms with Crippen molar-refractivity contribution < 1.29 is 22.3 Å². The molecule has 1 aromatic heterocycles. The number of hydrogen-bond acceptors (Lipinski definition) is 5. The lowest BCUT2D eigenvalue weighted by Crippen LogP contribution is -2.16. The number of hydrogen-bond donors (Lipinski definition) is 2. The van der Waals surface area contributed by atoms with E-state index in [4.69, 9.17) is 4.74 Å². The van der Waals surface area contributed by atoms with Crippen LogP contribution in [0.15, 0.2) is 65.7 Å². The average Bonchev–Trinajstić information content (AvgIpc) is 2.71. The summed E-state index contributed by atoms with van der Waals surface area (Å²) in [6, 6.07) is 13.4. The number of carbonyl (C=O) groups excluding carboxylic acids is 1. The smallest absolute Gasteiger partial charge is 0.262 e. The Morgan fingerprint density at radius 1 is 1.07 bits per heavy atom. The molecule has 0 aliphatic rings. The summed E-state index contributed by atoms with van der Waals surface area (Å²) in [6.45, 7) is 4.02. The van der Waals surface area contributed by atoms with E-state index in [1.807, 2.05) is 6.92 Å². The Balaban J connectivity index is 1.82. The topological polar surface area (TPSA) is 97.4 Å². The summed E-state index contributed by atoms with van der Waals surface area (Å²) < 4.78 is 46.8. The van der Waals surface area contributed by atoms with Gasteiger partial charge in [-0.1, -0.05) is 6.07 Å². The number of anilines is 2. The fourth-order valence-electron chi connectivity index (χ4n) is 2.71. The highest BCUT2D eigenvalue weighted by Crippen LogP contribution is 2.24. The van der Waals surface area contributed by atoms with E-state index >= 15 is 0 Å². The predicted octanol–water partition coefficient (Wildman–Crippen LogP) is 3.98. The van der Waals surface area contributed by atoms with Gasteiger partial charge < -0.3 is 10.1 Å². The molecule has 7 nitrogen and oxygen atoms in total. The second-order valence-electron chi connectivity index (χ2n) is 6.36. The molecule has 156 valence electrons. The second-order valence-corrected chi connectivity index (χ2v) is 8.02. The van der Waals surface area contributed by atoms with Gasteiger partial charge in [-0.05, 0) is 61.9 Å². The van der Waals surface area contributed by atoms with E-state index in [0.29, 0.717) is 23.6 Å². The summed E-state index contributed by atoms with van der Waals surface area (Å²) in [5.41, 5.74) is 1.20. The first-order valence-corrected chi connectivity index (χ1v) is 10.6. The molecule has 2 aromatic carbocycles. The number of aromatic nitrogens is 1. The average molecular weight is 429 g/mol. The third-order valence-corrected chi connectivity index (χ3v) is 5.67. The number of amides is 1. The van der Waals surface area contributed by atoms with Gasteiger partial charge in [-0.15, -0.1) is 0 Å². The third-order valence-electron chi connectivity index (χ3n) is 4.14. The van der Waals surface area contributed by atoms with Crippen molar-refractivity contribution in [1.29, 1.82) is 0 Å². The lowest BCUT2D eigenvalue weighted by Gasteiger charge is -2.13. The zero-order valence-electron chi connectivity index (χ0n) is 16.3. The lowest BCUT2D eigenvalue weighted by molar-refractivity contribution is 0.102. The Morgan fingerprint density at radius 2 is 1.77 bits per heavy atom. The fraction of sp³-hybridized carbons (Fsp3) is 0.143. The van der Waals surface area contributed by atoms with Gasteiger partial charge in [0.25, 0.3) is 15.9 Å². The van der Waals surface area contributed by atoms with Crippen LogP contribution >= 0.6 is 0 Å². The summed E-state index contributed by atoms with van der Waals surface area (Å²) in [5, 5.41) is 2.57. The van der Waals surface area contributed by atoms with Gasteiger partial charge in [-0.25, -0.2) is 13.4 Å². The Hall–Kier alpha value is -3.46. The molecule has 0 fully saturated rings. The summed E-state index contributed by atoms with van der Waals surface area (Å²) >= 11 is 0. The van der Waals surface area contributed by atoms with E-state index in [9.17, 15) is 17.6 Å². The number of pyridine rings is 1. The van der Waals surface area contributed by atoms with Crippen molar-refractivity contribution in [2.45, 2.75) is 18.7 Å². The lowest BCUT2D eigenvalue weighted by atomic mass is 10.2. The van der Waals surface area contributed by atoms with Crippen LogP contribution in [0.3, 0.4) is 0 Å². The highest BCUT2D eigenvalue weighted by atomic mass is 32.2. The largest absolute Gasteiger partial charge is 0.494 e. The van der Waals surface area contributed by atoms with Crippen LogP contribution < -0.4 is 14.8 Å². The van der Waals surface area contributed by atoms with Crippen LogP contribution in [0.2, 0.25) is 0 Å². The monoisotopic (exact) mass is 429 g/mol. The summed E-state index contributed by atoms with van der Waals surface area (Å²) in [5.74, 6) is -0.730. The number of rotatable bonds is 7. The molecule has 9 heteroatoms. The number of carbonyl (C=O) groups is 1. The molecular formula is C21H20FN3O4S. The maximum Gasteiger partial charge on any atom is 0.262 e. The summed E-state index contributed by atoms with van der Waals surface area (Å²) in [6.07, 6.45) is 1.18. The zero-order valence-corrected chi connectivity index (χ0v) is 17.2. The first kappa shape index (κ1) is 21.3. The highest BCUT2D eigenvalue weighted by molar-refractivity contribution is 7.92. The van der Waals surface area contributed by atoms with E-state index in [1.54, 1.807) is 43.3 Å². The number of ether oxygens (including phenoxy) is 1. The number of nitrogens with zero attached hydrogens (tertiary/aromatic N) is 1. The maximum absolute atomic E-state index is 13.2. The van der Waals surface area contributed by atoms with Crippen LogP contribution in [0.4, 0.5) is 15.8 Å². The molecule has 0 aliphatic carbocycles. The molecule has 3 aromatic rings. The normalized spacial score (nSPS) is 11.0. The van der Waals surface area contributed by atoms with Crippen molar-refractivity contribution >= 4 is 27.3 Å². The number of nitrogens with one attached hydrogen (secondary N) is 2. The second kappa shape index (κ2) is 8.91. The molecule has 0 spiro atoms. The Kier molecular flexibility index (Phi) is 6.31. The molecule has 1 heterocycles. The van der Waals surface area contributed by atoms with E-state index < -0.39 is 21.9 Å². The van der Waals surface area contributed by atoms with Gasteiger partial charge >= 0.3 is 0 Å². The van der Waals surface area contributed by atoms with Crippen LogP contribution in [0.5, 0.6) is 5.75 Å². The molecule has 2 N–H and O–H groups in total. The molecule has 0 atom stereocenters. The Morgan fingerprint density at radius 3 is 2.43 bits per heavy atom. The van der Waals surface area contributed by atoms with Crippen molar-refractivity contribution in [1.82, 2.24) is 4.98 Å². The number of sulfonamides is 1. The standard InChI is InChI=1S/C21H20FN3O4S/c1-3-29-18-8-6-16(7-9-18)25-30(27,28)19-13-17(5-4-14(19)2)24-21(26)15-10-11-23-20(22)12-15/h4-13,25H,3H2,1-2H3,(H,24,26). The first-order valence-electron chi connectivity index (χ1n) is 9.08. The van der Waals surface area contributed by atoms with E-state index in [-0.39, 0.29) is 16.1 Å². The first-order chi connectivity index (χ1) is 14.3. The number of benzene rings is 2. The molecular weight excluding hydrogens is 409 g/mol. The quantitative estimate of drug-likeness (QED) is 0.554. The summed E-state index contributed by atoms with van der Waals surface area (Å²) in [7, 11) is -3.91. The molecule has 30 heavy (non-hydrogen) atoms. The predicted molar refractivity (Wildman–Crippen MR) is 112 cm³/mol. The van der Waals surface area contributed by atoms with E-state index in [1.165, 1.54) is 18.3 Å². The van der Waals surface area contributed by atoms with Crippen LogP contribution in [0.1, 0.15) is 22.8 Å². The Bertz CT molecular complexity index is 1170. The number of halogens is 1. The molecule has 3 rings (SSSR count). The minimum absolute atomic E-state index is 0.00935. The maximum atomic E-state index is 13.2. The van der Waals surface area contributed by atoms with Crippen molar-refractivity contribution in [3.8, 4) is 5.75 Å².